The molecule has 0 saturated carbocycles. The van der Waals surface area contributed by atoms with Crippen LogP contribution in [0.25, 0.3) is 0 Å². The molecule has 1 aromatic carbocycles. The van der Waals surface area contributed by atoms with Crippen molar-refractivity contribution in [1.82, 2.24) is 10.2 Å². The van der Waals surface area contributed by atoms with E-state index in [-0.39, 0.29) is 24.4 Å². The lowest BCUT2D eigenvalue weighted by Crippen LogP contribution is -2.29. The zero-order valence-corrected chi connectivity index (χ0v) is 12.0. The molecule has 1 N–H and O–H groups in total. The van der Waals surface area contributed by atoms with Gasteiger partial charge in [0.2, 0.25) is 0 Å². The topological polar surface area (TPSA) is 84.7 Å². The Morgan fingerprint density at radius 1 is 1.43 bits per heavy atom. The first-order valence-corrected chi connectivity index (χ1v) is 6.36. The number of ether oxygens (including phenoxy) is 1. The van der Waals surface area contributed by atoms with Crippen molar-refractivity contribution in [2.75, 3.05) is 40.4 Å². The predicted octanol–water partition coefficient (Wildman–Crippen LogP) is 1.04. The van der Waals surface area contributed by atoms with Crippen LogP contribution in [0.1, 0.15) is 10.4 Å². The summed E-state index contributed by atoms with van der Waals surface area (Å²) in [6.45, 7) is 1.77. The monoisotopic (exact) mass is 299 g/mol. The van der Waals surface area contributed by atoms with Gasteiger partial charge < -0.3 is 15.0 Å². The fourth-order valence-electron chi connectivity index (χ4n) is 1.48. The van der Waals surface area contributed by atoms with Gasteiger partial charge >= 0.3 is 0 Å². The van der Waals surface area contributed by atoms with Crippen molar-refractivity contribution < 1.29 is 18.8 Å². The minimum atomic E-state index is -0.799. The number of non-ortho nitro benzene ring substituents is 1. The van der Waals surface area contributed by atoms with Crippen molar-refractivity contribution >= 4 is 11.6 Å². The summed E-state index contributed by atoms with van der Waals surface area (Å²) >= 11 is 0. The van der Waals surface area contributed by atoms with Gasteiger partial charge in [-0.3, -0.25) is 14.9 Å². The Labute approximate surface area is 121 Å². The van der Waals surface area contributed by atoms with Gasteiger partial charge in [-0.25, -0.2) is 4.39 Å². The Morgan fingerprint density at radius 3 is 2.76 bits per heavy atom. The van der Waals surface area contributed by atoms with Crippen LogP contribution in [0, 0.1) is 15.9 Å². The van der Waals surface area contributed by atoms with Crippen LogP contribution in [0.4, 0.5) is 10.1 Å². The number of nitrogens with zero attached hydrogens (tertiary/aromatic N) is 2. The molecule has 0 aliphatic carbocycles. The number of nitro groups is 1. The molecule has 0 spiro atoms. The lowest BCUT2D eigenvalue weighted by atomic mass is 10.1. The molecule has 0 radical (unpaired) electrons. The maximum atomic E-state index is 13.5. The fourth-order valence-corrected chi connectivity index (χ4v) is 1.48. The summed E-state index contributed by atoms with van der Waals surface area (Å²) in [7, 11) is 3.83. The number of nitro benzene ring substituents is 1. The summed E-state index contributed by atoms with van der Waals surface area (Å²) in [6, 6.07) is 2.83. The summed E-state index contributed by atoms with van der Waals surface area (Å²) in [6.07, 6.45) is 0. The van der Waals surface area contributed by atoms with E-state index in [2.05, 4.69) is 5.32 Å². The Hall–Kier alpha value is -2.06. The molecule has 0 aliphatic heterocycles. The summed E-state index contributed by atoms with van der Waals surface area (Å²) in [4.78, 5) is 23.6. The van der Waals surface area contributed by atoms with E-state index >= 15 is 0 Å². The standard InChI is InChI=1S/C13H18FN3O4/c1-16(2)6-8-21-7-5-15-13(18)11-9-10(17(19)20)3-4-12(11)14/h3-4,9H,5-8H2,1-2H3,(H,15,18). The molecule has 1 rings (SSSR count). The summed E-state index contributed by atoms with van der Waals surface area (Å²) < 4.78 is 18.7. The number of hydrogen-bond donors (Lipinski definition) is 1. The molecular weight excluding hydrogens is 281 g/mol. The molecule has 1 aromatic rings. The highest BCUT2D eigenvalue weighted by Crippen LogP contribution is 2.16. The van der Waals surface area contributed by atoms with E-state index in [1.165, 1.54) is 0 Å². The maximum Gasteiger partial charge on any atom is 0.270 e. The van der Waals surface area contributed by atoms with Crippen LogP contribution in [-0.4, -0.2) is 56.1 Å². The van der Waals surface area contributed by atoms with Crippen LogP contribution in [0.15, 0.2) is 18.2 Å². The minimum absolute atomic E-state index is 0.203. The number of rotatable bonds is 8. The highest BCUT2D eigenvalue weighted by molar-refractivity contribution is 5.95. The van der Waals surface area contributed by atoms with E-state index < -0.39 is 16.6 Å². The van der Waals surface area contributed by atoms with E-state index in [1.807, 2.05) is 19.0 Å². The number of carbonyl (C=O) groups is 1. The number of amides is 1. The zero-order valence-electron chi connectivity index (χ0n) is 12.0. The van der Waals surface area contributed by atoms with Crippen molar-refractivity contribution in [3.05, 3.63) is 39.7 Å². The van der Waals surface area contributed by atoms with Crippen molar-refractivity contribution in [2.24, 2.45) is 0 Å². The molecule has 0 bridgehead atoms. The fraction of sp³-hybridized carbons (Fsp3) is 0.462. The largest absolute Gasteiger partial charge is 0.378 e. The van der Waals surface area contributed by atoms with Crippen LogP contribution >= 0.6 is 0 Å². The van der Waals surface area contributed by atoms with Crippen LogP contribution < -0.4 is 5.32 Å². The first-order valence-electron chi connectivity index (χ1n) is 6.36. The highest BCUT2D eigenvalue weighted by atomic mass is 19.1. The second-order valence-corrected chi connectivity index (χ2v) is 4.59. The predicted molar refractivity (Wildman–Crippen MR) is 74.8 cm³/mol. The first kappa shape index (κ1) is 17.0. The smallest absolute Gasteiger partial charge is 0.270 e. The van der Waals surface area contributed by atoms with Gasteiger partial charge in [-0.1, -0.05) is 0 Å². The number of hydrogen-bond acceptors (Lipinski definition) is 5. The van der Waals surface area contributed by atoms with Gasteiger partial charge in [-0.2, -0.15) is 0 Å². The van der Waals surface area contributed by atoms with Gasteiger partial charge in [0.05, 0.1) is 23.7 Å². The third kappa shape index (κ3) is 5.84. The van der Waals surface area contributed by atoms with E-state index in [4.69, 9.17) is 4.74 Å². The van der Waals surface area contributed by atoms with Gasteiger partial charge in [0.1, 0.15) is 5.82 Å². The molecule has 0 aliphatic rings. The number of carbonyl (C=O) groups excluding carboxylic acids is 1. The molecule has 0 saturated heterocycles. The van der Waals surface area contributed by atoms with Crippen LogP contribution in [-0.2, 0) is 4.74 Å². The zero-order chi connectivity index (χ0) is 15.8. The molecule has 0 heterocycles. The van der Waals surface area contributed by atoms with Crippen LogP contribution in [0.5, 0.6) is 0 Å². The average molecular weight is 299 g/mol. The summed E-state index contributed by atoms with van der Waals surface area (Å²) in [5, 5.41) is 13.1. The first-order chi connectivity index (χ1) is 9.91. The molecule has 7 nitrogen and oxygen atoms in total. The number of likely N-dealkylation sites (N-methyl/N-ethyl adjacent to an activating group) is 1. The molecule has 0 fully saturated rings. The van der Waals surface area contributed by atoms with Crippen LogP contribution in [0.2, 0.25) is 0 Å². The Bertz CT molecular complexity index is 508. The highest BCUT2D eigenvalue weighted by Gasteiger charge is 2.16. The van der Waals surface area contributed by atoms with Crippen molar-refractivity contribution in [2.45, 2.75) is 0 Å². The van der Waals surface area contributed by atoms with Gasteiger partial charge in [-0.05, 0) is 20.2 Å². The second kappa shape index (κ2) is 8.28. The molecule has 1 amide bonds. The van der Waals surface area contributed by atoms with Crippen LogP contribution in [0.3, 0.4) is 0 Å². The lowest BCUT2D eigenvalue weighted by molar-refractivity contribution is -0.384. The van der Waals surface area contributed by atoms with E-state index in [0.717, 1.165) is 24.7 Å². The summed E-state index contributed by atoms with van der Waals surface area (Å²) in [5.41, 5.74) is -0.679. The molecule has 21 heavy (non-hydrogen) atoms. The minimum Gasteiger partial charge on any atom is -0.378 e. The Morgan fingerprint density at radius 2 is 2.14 bits per heavy atom. The Kier molecular flexibility index (Phi) is 6.70. The SMILES string of the molecule is CN(C)CCOCCNC(=O)c1cc([N+](=O)[O-])ccc1F. The molecule has 116 valence electrons. The molecular formula is C13H18FN3O4. The molecule has 0 unspecified atom stereocenters. The average Bonchev–Trinajstić information content (AvgIpc) is 2.42. The third-order valence-electron chi connectivity index (χ3n) is 2.62. The third-order valence-corrected chi connectivity index (χ3v) is 2.62. The van der Waals surface area contributed by atoms with Gasteiger partial charge in [-0.15, -0.1) is 0 Å². The number of halogens is 1. The van der Waals surface area contributed by atoms with E-state index in [1.54, 1.807) is 0 Å². The van der Waals surface area contributed by atoms with E-state index in [9.17, 15) is 19.3 Å². The van der Waals surface area contributed by atoms with E-state index in [0.29, 0.717) is 6.61 Å². The van der Waals surface area contributed by atoms with Crippen molar-refractivity contribution in [3.8, 4) is 0 Å². The van der Waals surface area contributed by atoms with Crippen molar-refractivity contribution in [3.63, 3.8) is 0 Å². The quantitative estimate of drug-likeness (QED) is 0.440. The van der Waals surface area contributed by atoms with Gasteiger partial charge in [0, 0.05) is 25.2 Å². The van der Waals surface area contributed by atoms with Gasteiger partial charge in [0.25, 0.3) is 11.6 Å². The molecule has 0 atom stereocenters. The van der Waals surface area contributed by atoms with Gasteiger partial charge in [0.15, 0.2) is 0 Å². The Balaban J connectivity index is 2.45. The maximum absolute atomic E-state index is 13.5. The van der Waals surface area contributed by atoms with Crippen molar-refractivity contribution in [1.29, 1.82) is 0 Å². The number of nitrogens with one attached hydrogen (secondary N) is 1. The molecule has 0 aromatic heterocycles. The molecule has 8 heteroatoms. The number of benzene rings is 1. The summed E-state index contributed by atoms with van der Waals surface area (Å²) in [5.74, 6) is -1.50. The lowest BCUT2D eigenvalue weighted by Gasteiger charge is -2.10. The normalized spacial score (nSPS) is 10.7. The second-order valence-electron chi connectivity index (χ2n) is 4.59.